The average Bonchev–Trinajstić information content (AvgIpc) is 2.24. The van der Waals surface area contributed by atoms with Gasteiger partial charge in [-0.05, 0) is 60.8 Å². The molecule has 0 fully saturated rings. The monoisotopic (exact) mass is 318 g/mol. The van der Waals surface area contributed by atoms with Crippen LogP contribution in [0.5, 0.6) is 0 Å². The zero-order valence-electron chi connectivity index (χ0n) is 8.72. The van der Waals surface area contributed by atoms with Crippen molar-refractivity contribution in [3.63, 3.8) is 0 Å². The molecule has 0 aliphatic heterocycles. The van der Waals surface area contributed by atoms with Crippen LogP contribution in [0.25, 0.3) is 0 Å². The molecule has 0 bridgehead atoms. The standard InChI is InChI=1S/C11H15IN2O/c1-13-6-3-7-14-11(15)9-4-2-5-10(12)8-9/h2,4-5,8,13H,3,6-7H2,1H3,(H,14,15). The van der Waals surface area contributed by atoms with Crippen LogP contribution < -0.4 is 10.6 Å². The zero-order valence-corrected chi connectivity index (χ0v) is 10.9. The van der Waals surface area contributed by atoms with Crippen molar-refractivity contribution < 1.29 is 4.79 Å². The molecule has 1 rings (SSSR count). The number of rotatable bonds is 5. The first-order chi connectivity index (χ1) is 7.24. The molecule has 3 nitrogen and oxygen atoms in total. The molecule has 4 heteroatoms. The van der Waals surface area contributed by atoms with Crippen molar-refractivity contribution in [2.24, 2.45) is 0 Å². The normalized spacial score (nSPS) is 10.0. The van der Waals surface area contributed by atoms with Gasteiger partial charge in [0.25, 0.3) is 5.91 Å². The molecule has 0 aliphatic rings. The quantitative estimate of drug-likeness (QED) is 0.640. The van der Waals surface area contributed by atoms with Crippen LogP contribution in [0, 0.1) is 3.57 Å². The van der Waals surface area contributed by atoms with E-state index in [-0.39, 0.29) is 5.91 Å². The number of carbonyl (C=O) groups excluding carboxylic acids is 1. The minimum Gasteiger partial charge on any atom is -0.352 e. The number of nitrogens with one attached hydrogen (secondary N) is 2. The molecule has 82 valence electrons. The van der Waals surface area contributed by atoms with Crippen LogP contribution in [-0.2, 0) is 0 Å². The van der Waals surface area contributed by atoms with Gasteiger partial charge in [0.1, 0.15) is 0 Å². The lowest BCUT2D eigenvalue weighted by molar-refractivity contribution is 0.0953. The molecule has 0 atom stereocenters. The Bertz CT molecular complexity index is 328. The van der Waals surface area contributed by atoms with E-state index in [1.807, 2.05) is 31.3 Å². The van der Waals surface area contributed by atoms with Gasteiger partial charge in [0.2, 0.25) is 0 Å². The molecule has 1 aromatic rings. The summed E-state index contributed by atoms with van der Waals surface area (Å²) in [7, 11) is 1.90. The molecule has 0 aliphatic carbocycles. The predicted molar refractivity (Wildman–Crippen MR) is 70.0 cm³/mol. The molecular weight excluding hydrogens is 303 g/mol. The Balaban J connectivity index is 2.40. The minimum absolute atomic E-state index is 0.00428. The van der Waals surface area contributed by atoms with Crippen LogP contribution in [0.2, 0.25) is 0 Å². The molecule has 0 saturated carbocycles. The maximum Gasteiger partial charge on any atom is 0.251 e. The third-order valence-corrected chi connectivity index (χ3v) is 2.65. The lowest BCUT2D eigenvalue weighted by atomic mass is 10.2. The van der Waals surface area contributed by atoms with Gasteiger partial charge in [-0.25, -0.2) is 0 Å². The van der Waals surface area contributed by atoms with E-state index in [0.29, 0.717) is 6.54 Å². The molecule has 2 N–H and O–H groups in total. The number of amides is 1. The van der Waals surface area contributed by atoms with E-state index < -0.39 is 0 Å². The number of carbonyl (C=O) groups is 1. The first-order valence-corrected chi connectivity index (χ1v) is 6.00. The van der Waals surface area contributed by atoms with Gasteiger partial charge in [0.05, 0.1) is 0 Å². The first kappa shape index (κ1) is 12.4. The van der Waals surface area contributed by atoms with Crippen molar-refractivity contribution in [2.75, 3.05) is 20.1 Å². The summed E-state index contributed by atoms with van der Waals surface area (Å²) in [6.45, 7) is 1.64. The summed E-state index contributed by atoms with van der Waals surface area (Å²) in [6.07, 6.45) is 0.951. The van der Waals surface area contributed by atoms with E-state index in [0.717, 1.165) is 22.1 Å². The van der Waals surface area contributed by atoms with Gasteiger partial charge in [-0.3, -0.25) is 4.79 Å². The Labute approximate surface area is 104 Å². The Morgan fingerprint density at radius 2 is 2.20 bits per heavy atom. The number of benzene rings is 1. The fourth-order valence-electron chi connectivity index (χ4n) is 1.20. The smallest absolute Gasteiger partial charge is 0.251 e. The molecule has 15 heavy (non-hydrogen) atoms. The van der Waals surface area contributed by atoms with Crippen LogP contribution in [-0.4, -0.2) is 26.0 Å². The lowest BCUT2D eigenvalue weighted by Gasteiger charge is -2.05. The third kappa shape index (κ3) is 4.61. The summed E-state index contributed by atoms with van der Waals surface area (Å²) in [5.41, 5.74) is 0.728. The number of hydrogen-bond donors (Lipinski definition) is 2. The maximum absolute atomic E-state index is 11.6. The molecular formula is C11H15IN2O. The summed E-state index contributed by atoms with van der Waals surface area (Å²) in [5.74, 6) is 0.00428. The highest BCUT2D eigenvalue weighted by atomic mass is 127. The van der Waals surface area contributed by atoms with E-state index in [9.17, 15) is 4.79 Å². The van der Waals surface area contributed by atoms with Gasteiger partial charge in [0.15, 0.2) is 0 Å². The SMILES string of the molecule is CNCCCNC(=O)c1cccc(I)c1. The highest BCUT2D eigenvalue weighted by Gasteiger charge is 2.03. The molecule has 0 heterocycles. The second-order valence-corrected chi connectivity index (χ2v) is 4.47. The van der Waals surface area contributed by atoms with E-state index in [4.69, 9.17) is 0 Å². The molecule has 1 aromatic carbocycles. The van der Waals surface area contributed by atoms with Crippen molar-refractivity contribution in [1.29, 1.82) is 0 Å². The van der Waals surface area contributed by atoms with Gasteiger partial charge in [-0.1, -0.05) is 6.07 Å². The number of halogens is 1. The Morgan fingerprint density at radius 1 is 1.40 bits per heavy atom. The van der Waals surface area contributed by atoms with Crippen molar-refractivity contribution >= 4 is 28.5 Å². The van der Waals surface area contributed by atoms with Crippen LogP contribution in [0.15, 0.2) is 24.3 Å². The fourth-order valence-corrected chi connectivity index (χ4v) is 1.74. The van der Waals surface area contributed by atoms with Crippen LogP contribution in [0.3, 0.4) is 0 Å². The van der Waals surface area contributed by atoms with E-state index in [1.165, 1.54) is 0 Å². The number of hydrogen-bond acceptors (Lipinski definition) is 2. The van der Waals surface area contributed by atoms with E-state index in [1.54, 1.807) is 0 Å². The minimum atomic E-state index is 0.00428. The largest absolute Gasteiger partial charge is 0.352 e. The van der Waals surface area contributed by atoms with Gasteiger partial charge < -0.3 is 10.6 Å². The van der Waals surface area contributed by atoms with E-state index in [2.05, 4.69) is 33.2 Å². The topological polar surface area (TPSA) is 41.1 Å². The van der Waals surface area contributed by atoms with Crippen molar-refractivity contribution in [2.45, 2.75) is 6.42 Å². The summed E-state index contributed by atoms with van der Waals surface area (Å²) in [5, 5.41) is 5.92. The highest BCUT2D eigenvalue weighted by Crippen LogP contribution is 2.07. The predicted octanol–water partition coefficient (Wildman–Crippen LogP) is 1.63. The molecule has 0 saturated heterocycles. The first-order valence-electron chi connectivity index (χ1n) is 4.92. The van der Waals surface area contributed by atoms with Crippen molar-refractivity contribution in [3.8, 4) is 0 Å². The van der Waals surface area contributed by atoms with Crippen LogP contribution in [0.1, 0.15) is 16.8 Å². The van der Waals surface area contributed by atoms with Gasteiger partial charge in [-0.2, -0.15) is 0 Å². The summed E-state index contributed by atoms with van der Waals surface area (Å²) < 4.78 is 1.08. The second-order valence-electron chi connectivity index (χ2n) is 3.22. The summed E-state index contributed by atoms with van der Waals surface area (Å²) in [6, 6.07) is 7.58. The lowest BCUT2D eigenvalue weighted by Crippen LogP contribution is -2.26. The van der Waals surface area contributed by atoms with Gasteiger partial charge in [0, 0.05) is 15.7 Å². The summed E-state index contributed by atoms with van der Waals surface area (Å²) in [4.78, 5) is 11.6. The molecule has 0 aromatic heterocycles. The van der Waals surface area contributed by atoms with Gasteiger partial charge >= 0.3 is 0 Å². The van der Waals surface area contributed by atoms with E-state index >= 15 is 0 Å². The highest BCUT2D eigenvalue weighted by molar-refractivity contribution is 14.1. The average molecular weight is 318 g/mol. The second kappa shape index (κ2) is 6.79. The molecule has 0 radical (unpaired) electrons. The third-order valence-electron chi connectivity index (χ3n) is 1.98. The summed E-state index contributed by atoms with van der Waals surface area (Å²) >= 11 is 2.20. The van der Waals surface area contributed by atoms with Crippen molar-refractivity contribution in [3.05, 3.63) is 33.4 Å². The molecule has 1 amide bonds. The fraction of sp³-hybridized carbons (Fsp3) is 0.364. The Kier molecular flexibility index (Phi) is 5.63. The molecule has 0 spiro atoms. The maximum atomic E-state index is 11.6. The van der Waals surface area contributed by atoms with Crippen LogP contribution in [0.4, 0.5) is 0 Å². The van der Waals surface area contributed by atoms with Crippen molar-refractivity contribution in [1.82, 2.24) is 10.6 Å². The Hall–Kier alpha value is -0.620. The Morgan fingerprint density at radius 3 is 2.87 bits per heavy atom. The zero-order chi connectivity index (χ0) is 11.1. The molecule has 0 unspecified atom stereocenters. The van der Waals surface area contributed by atoms with Crippen LogP contribution >= 0.6 is 22.6 Å². The van der Waals surface area contributed by atoms with Gasteiger partial charge in [-0.15, -0.1) is 0 Å².